The van der Waals surface area contributed by atoms with Crippen LogP contribution < -0.4 is 10.0 Å². The third-order valence-electron chi connectivity index (χ3n) is 3.96. The SMILES string of the molecule is O=C(Cc1ccccc1)Nc1cccc(NS(=O)(=O)c2ccc([N+](=O)[O-])cc2)c1. The van der Waals surface area contributed by atoms with Crippen LogP contribution in [0.2, 0.25) is 0 Å². The van der Waals surface area contributed by atoms with Crippen LogP contribution in [0.3, 0.4) is 0 Å². The molecule has 148 valence electrons. The van der Waals surface area contributed by atoms with Crippen LogP contribution in [-0.4, -0.2) is 19.2 Å². The molecule has 0 heterocycles. The molecule has 0 saturated heterocycles. The van der Waals surface area contributed by atoms with Gasteiger partial charge in [-0.1, -0.05) is 36.4 Å². The topological polar surface area (TPSA) is 118 Å². The maximum absolute atomic E-state index is 12.5. The van der Waals surface area contributed by atoms with Gasteiger partial charge in [-0.25, -0.2) is 8.42 Å². The van der Waals surface area contributed by atoms with Gasteiger partial charge in [0.05, 0.1) is 21.9 Å². The lowest BCUT2D eigenvalue weighted by Gasteiger charge is -2.10. The third kappa shape index (κ3) is 5.39. The Kier molecular flexibility index (Phi) is 5.89. The summed E-state index contributed by atoms with van der Waals surface area (Å²) in [6.45, 7) is 0. The van der Waals surface area contributed by atoms with Crippen molar-refractivity contribution in [1.29, 1.82) is 0 Å². The van der Waals surface area contributed by atoms with Gasteiger partial charge in [0.1, 0.15) is 0 Å². The fraction of sp³-hybridized carbons (Fsp3) is 0.0500. The summed E-state index contributed by atoms with van der Waals surface area (Å²) in [5, 5.41) is 13.4. The van der Waals surface area contributed by atoms with Gasteiger partial charge >= 0.3 is 0 Å². The van der Waals surface area contributed by atoms with E-state index in [1.165, 1.54) is 12.1 Å². The van der Waals surface area contributed by atoms with E-state index >= 15 is 0 Å². The number of non-ortho nitro benzene ring substituents is 1. The molecule has 0 atom stereocenters. The van der Waals surface area contributed by atoms with Crippen LogP contribution in [0, 0.1) is 10.1 Å². The molecule has 0 radical (unpaired) electrons. The molecule has 0 aliphatic heterocycles. The van der Waals surface area contributed by atoms with Crippen LogP contribution in [0.25, 0.3) is 0 Å². The molecule has 0 spiro atoms. The van der Waals surface area contributed by atoms with Crippen LogP contribution in [0.4, 0.5) is 17.1 Å². The first kappa shape index (κ1) is 20.0. The normalized spacial score (nSPS) is 10.9. The second-order valence-electron chi connectivity index (χ2n) is 6.15. The van der Waals surface area contributed by atoms with Crippen molar-refractivity contribution in [3.63, 3.8) is 0 Å². The number of hydrogen-bond donors (Lipinski definition) is 2. The zero-order valence-electron chi connectivity index (χ0n) is 15.1. The van der Waals surface area contributed by atoms with Crippen LogP contribution in [0.15, 0.2) is 83.8 Å². The van der Waals surface area contributed by atoms with Gasteiger partial charge in [-0.3, -0.25) is 19.6 Å². The Morgan fingerprint density at radius 2 is 1.55 bits per heavy atom. The van der Waals surface area contributed by atoms with Crippen molar-refractivity contribution in [3.8, 4) is 0 Å². The van der Waals surface area contributed by atoms with Crippen LogP contribution in [0.1, 0.15) is 5.56 Å². The fourth-order valence-corrected chi connectivity index (χ4v) is 3.66. The Hall–Kier alpha value is -3.72. The van der Waals surface area contributed by atoms with Gasteiger partial charge in [-0.05, 0) is 35.9 Å². The molecule has 1 amide bonds. The number of carbonyl (C=O) groups is 1. The largest absolute Gasteiger partial charge is 0.326 e. The van der Waals surface area contributed by atoms with Crippen LogP contribution >= 0.6 is 0 Å². The first-order chi connectivity index (χ1) is 13.8. The number of hydrogen-bond acceptors (Lipinski definition) is 5. The summed E-state index contributed by atoms with van der Waals surface area (Å²) in [6, 6.07) is 20.1. The van der Waals surface area contributed by atoms with Gasteiger partial charge in [-0.2, -0.15) is 0 Å². The fourth-order valence-electron chi connectivity index (χ4n) is 2.61. The highest BCUT2D eigenvalue weighted by atomic mass is 32.2. The second kappa shape index (κ2) is 8.53. The Morgan fingerprint density at radius 1 is 0.897 bits per heavy atom. The number of rotatable bonds is 7. The zero-order valence-corrected chi connectivity index (χ0v) is 15.9. The highest BCUT2D eigenvalue weighted by Gasteiger charge is 2.16. The van der Waals surface area contributed by atoms with Gasteiger partial charge in [0.2, 0.25) is 5.91 Å². The monoisotopic (exact) mass is 411 g/mol. The van der Waals surface area contributed by atoms with Crippen molar-refractivity contribution < 1.29 is 18.1 Å². The average Bonchev–Trinajstić information content (AvgIpc) is 2.68. The highest BCUT2D eigenvalue weighted by molar-refractivity contribution is 7.92. The van der Waals surface area contributed by atoms with Crippen molar-refractivity contribution in [2.24, 2.45) is 0 Å². The number of anilines is 2. The van der Waals surface area contributed by atoms with Crippen molar-refractivity contribution in [3.05, 3.63) is 94.5 Å². The maximum atomic E-state index is 12.5. The number of carbonyl (C=O) groups excluding carboxylic acids is 1. The number of benzene rings is 3. The summed E-state index contributed by atoms with van der Waals surface area (Å²) < 4.78 is 27.4. The number of nitrogens with zero attached hydrogens (tertiary/aromatic N) is 1. The van der Waals surface area contributed by atoms with E-state index in [4.69, 9.17) is 0 Å². The van der Waals surface area contributed by atoms with Gasteiger partial charge in [0, 0.05) is 17.8 Å². The molecule has 3 aromatic rings. The minimum absolute atomic E-state index is 0.110. The van der Waals surface area contributed by atoms with Crippen molar-refractivity contribution in [2.45, 2.75) is 11.3 Å². The minimum Gasteiger partial charge on any atom is -0.326 e. The van der Waals surface area contributed by atoms with E-state index < -0.39 is 14.9 Å². The van der Waals surface area contributed by atoms with E-state index in [-0.39, 0.29) is 28.6 Å². The van der Waals surface area contributed by atoms with E-state index in [0.29, 0.717) is 5.69 Å². The highest BCUT2D eigenvalue weighted by Crippen LogP contribution is 2.21. The van der Waals surface area contributed by atoms with Crippen molar-refractivity contribution in [2.75, 3.05) is 10.0 Å². The lowest BCUT2D eigenvalue weighted by molar-refractivity contribution is -0.384. The standard InChI is InChI=1S/C20H17N3O5S/c24-20(13-15-5-2-1-3-6-15)21-16-7-4-8-17(14-16)22-29(27,28)19-11-9-18(10-12-19)23(25)26/h1-12,14,22H,13H2,(H,21,24). The lowest BCUT2D eigenvalue weighted by atomic mass is 10.1. The van der Waals surface area contributed by atoms with E-state index in [2.05, 4.69) is 10.0 Å². The van der Waals surface area contributed by atoms with Crippen LogP contribution in [0.5, 0.6) is 0 Å². The lowest BCUT2D eigenvalue weighted by Crippen LogP contribution is -2.15. The molecule has 0 saturated carbocycles. The molecule has 0 aliphatic rings. The minimum atomic E-state index is -3.93. The maximum Gasteiger partial charge on any atom is 0.269 e. The number of nitro benzene ring substituents is 1. The Morgan fingerprint density at radius 3 is 2.21 bits per heavy atom. The van der Waals surface area contributed by atoms with Gasteiger partial charge in [0.25, 0.3) is 15.7 Å². The molecule has 2 N–H and O–H groups in total. The number of nitro groups is 1. The summed E-state index contributed by atoms with van der Waals surface area (Å²) in [5.74, 6) is -0.230. The van der Waals surface area contributed by atoms with Crippen LogP contribution in [-0.2, 0) is 21.2 Å². The summed E-state index contributed by atoms with van der Waals surface area (Å²) in [6.07, 6.45) is 0.194. The molecule has 9 heteroatoms. The molecule has 0 bridgehead atoms. The molecule has 8 nitrogen and oxygen atoms in total. The third-order valence-corrected chi connectivity index (χ3v) is 5.36. The van der Waals surface area contributed by atoms with Gasteiger partial charge < -0.3 is 5.32 Å². The smallest absolute Gasteiger partial charge is 0.269 e. The summed E-state index contributed by atoms with van der Waals surface area (Å²) in [4.78, 5) is 22.2. The van der Waals surface area contributed by atoms with Crippen molar-refractivity contribution >= 4 is 33.0 Å². The first-order valence-electron chi connectivity index (χ1n) is 8.54. The van der Waals surface area contributed by atoms with E-state index in [1.54, 1.807) is 12.1 Å². The zero-order chi connectivity index (χ0) is 20.9. The molecule has 0 aliphatic carbocycles. The number of nitrogens with one attached hydrogen (secondary N) is 2. The number of amides is 1. The van der Waals surface area contributed by atoms with E-state index in [9.17, 15) is 23.3 Å². The van der Waals surface area contributed by atoms with E-state index in [1.807, 2.05) is 30.3 Å². The van der Waals surface area contributed by atoms with E-state index in [0.717, 1.165) is 29.8 Å². The number of sulfonamides is 1. The molecule has 3 rings (SSSR count). The predicted molar refractivity (Wildman–Crippen MR) is 109 cm³/mol. The molecular formula is C20H17N3O5S. The molecule has 0 unspecified atom stereocenters. The predicted octanol–water partition coefficient (Wildman–Crippen LogP) is 3.58. The Labute approximate surface area is 167 Å². The molecule has 3 aromatic carbocycles. The summed E-state index contributed by atoms with van der Waals surface area (Å²) >= 11 is 0. The Bertz CT molecular complexity index is 1130. The summed E-state index contributed by atoms with van der Waals surface area (Å²) in [5.41, 5.74) is 1.35. The molecule has 0 fully saturated rings. The second-order valence-corrected chi connectivity index (χ2v) is 7.83. The van der Waals surface area contributed by atoms with Gasteiger partial charge in [0.15, 0.2) is 0 Å². The molecule has 29 heavy (non-hydrogen) atoms. The summed E-state index contributed by atoms with van der Waals surface area (Å²) in [7, 11) is -3.93. The molecular weight excluding hydrogens is 394 g/mol. The van der Waals surface area contributed by atoms with Crippen molar-refractivity contribution in [1.82, 2.24) is 0 Å². The average molecular weight is 411 g/mol. The molecule has 0 aromatic heterocycles. The Balaban J connectivity index is 1.70. The quantitative estimate of drug-likeness (QED) is 0.455. The first-order valence-corrected chi connectivity index (χ1v) is 10.0. The van der Waals surface area contributed by atoms with Gasteiger partial charge in [-0.15, -0.1) is 0 Å².